The van der Waals surface area contributed by atoms with E-state index in [4.69, 9.17) is 22.4 Å². The lowest BCUT2D eigenvalue weighted by Crippen LogP contribution is -2.27. The fourth-order valence-corrected chi connectivity index (χ4v) is 1.78. The lowest BCUT2D eigenvalue weighted by molar-refractivity contribution is -0.141. The van der Waals surface area contributed by atoms with Gasteiger partial charge in [-0.3, -0.25) is 14.5 Å². The summed E-state index contributed by atoms with van der Waals surface area (Å²) >= 11 is 5.61. The van der Waals surface area contributed by atoms with Crippen LogP contribution in [0.25, 0.3) is 0 Å². The molecule has 17 heavy (non-hydrogen) atoms. The maximum atomic E-state index is 11.7. The van der Waals surface area contributed by atoms with Crippen LogP contribution in [0.15, 0.2) is 6.20 Å². The largest absolute Gasteiger partial charge is 0.481 e. The van der Waals surface area contributed by atoms with Crippen LogP contribution in [0.2, 0.25) is 5.28 Å². The molecular formula is C9H9ClN4O3. The second kappa shape index (κ2) is 4.17. The lowest BCUT2D eigenvalue weighted by Gasteiger charge is -2.16. The van der Waals surface area contributed by atoms with Gasteiger partial charge in [0.05, 0.1) is 17.8 Å². The SMILES string of the molecule is Nc1cnc(Cl)nc1N1CC(C(=O)O)CC1=O. The first-order valence-corrected chi connectivity index (χ1v) is 5.18. The van der Waals surface area contributed by atoms with Gasteiger partial charge in [-0.1, -0.05) is 0 Å². The van der Waals surface area contributed by atoms with E-state index in [2.05, 4.69) is 9.97 Å². The summed E-state index contributed by atoms with van der Waals surface area (Å²) in [4.78, 5) is 31.2. The summed E-state index contributed by atoms with van der Waals surface area (Å²) < 4.78 is 0. The van der Waals surface area contributed by atoms with Crippen molar-refractivity contribution < 1.29 is 14.7 Å². The number of carbonyl (C=O) groups excluding carboxylic acids is 1. The smallest absolute Gasteiger partial charge is 0.308 e. The molecule has 1 unspecified atom stereocenters. The van der Waals surface area contributed by atoms with Crippen molar-refractivity contribution in [3.05, 3.63) is 11.5 Å². The highest BCUT2D eigenvalue weighted by Crippen LogP contribution is 2.28. The van der Waals surface area contributed by atoms with Crippen molar-refractivity contribution in [1.29, 1.82) is 0 Å². The predicted octanol–water partition coefficient (Wildman–Crippen LogP) is 0.150. The van der Waals surface area contributed by atoms with Crippen molar-refractivity contribution in [3.8, 4) is 0 Å². The van der Waals surface area contributed by atoms with E-state index in [9.17, 15) is 9.59 Å². The number of aromatic nitrogens is 2. The van der Waals surface area contributed by atoms with Gasteiger partial charge in [-0.2, -0.15) is 4.98 Å². The van der Waals surface area contributed by atoms with Crippen LogP contribution in [-0.4, -0.2) is 33.5 Å². The molecule has 0 bridgehead atoms. The average Bonchev–Trinajstić information content (AvgIpc) is 2.64. The fraction of sp³-hybridized carbons (Fsp3) is 0.333. The zero-order valence-corrected chi connectivity index (χ0v) is 9.39. The first-order chi connectivity index (χ1) is 7.99. The van der Waals surface area contributed by atoms with Gasteiger partial charge in [0.25, 0.3) is 0 Å². The number of carboxylic acids is 1. The number of nitrogens with zero attached hydrogens (tertiary/aromatic N) is 3. The van der Waals surface area contributed by atoms with Crippen molar-refractivity contribution >= 4 is 35.0 Å². The van der Waals surface area contributed by atoms with Gasteiger partial charge in [0.15, 0.2) is 5.82 Å². The van der Waals surface area contributed by atoms with Crippen LogP contribution in [0.3, 0.4) is 0 Å². The monoisotopic (exact) mass is 256 g/mol. The second-order valence-electron chi connectivity index (χ2n) is 3.66. The Morgan fingerprint density at radius 2 is 2.35 bits per heavy atom. The van der Waals surface area contributed by atoms with E-state index in [0.29, 0.717) is 0 Å². The molecule has 1 atom stereocenters. The molecular weight excluding hydrogens is 248 g/mol. The molecule has 0 aliphatic carbocycles. The van der Waals surface area contributed by atoms with E-state index in [1.54, 1.807) is 0 Å². The molecule has 3 N–H and O–H groups in total. The molecule has 1 saturated heterocycles. The van der Waals surface area contributed by atoms with Crippen LogP contribution < -0.4 is 10.6 Å². The lowest BCUT2D eigenvalue weighted by atomic mass is 10.1. The van der Waals surface area contributed by atoms with E-state index in [1.807, 2.05) is 0 Å². The first-order valence-electron chi connectivity index (χ1n) is 4.80. The van der Waals surface area contributed by atoms with Crippen molar-refractivity contribution in [1.82, 2.24) is 9.97 Å². The molecule has 1 amide bonds. The summed E-state index contributed by atoms with van der Waals surface area (Å²) in [7, 11) is 0. The van der Waals surface area contributed by atoms with Gasteiger partial charge in [-0.15, -0.1) is 0 Å². The molecule has 1 aliphatic heterocycles. The topological polar surface area (TPSA) is 109 Å². The number of hydrogen-bond donors (Lipinski definition) is 2. The Bertz CT molecular complexity index is 493. The van der Waals surface area contributed by atoms with Gasteiger partial charge in [-0.05, 0) is 11.6 Å². The standard InChI is InChI=1S/C9H9ClN4O3/c10-9-12-2-5(11)7(13-9)14-3-4(8(16)17)1-6(14)15/h2,4H,1,3,11H2,(H,16,17). The number of carbonyl (C=O) groups is 2. The maximum Gasteiger partial charge on any atom is 0.308 e. The highest BCUT2D eigenvalue weighted by atomic mass is 35.5. The van der Waals surface area contributed by atoms with Gasteiger partial charge >= 0.3 is 5.97 Å². The second-order valence-corrected chi connectivity index (χ2v) is 4.00. The Balaban J connectivity index is 2.32. The Labute approximate surface area is 101 Å². The normalized spacial score (nSPS) is 19.7. The Hall–Kier alpha value is -1.89. The van der Waals surface area contributed by atoms with Crippen LogP contribution in [0.5, 0.6) is 0 Å². The molecule has 0 saturated carbocycles. The highest BCUT2D eigenvalue weighted by Gasteiger charge is 2.36. The van der Waals surface area contributed by atoms with Crippen molar-refractivity contribution in [3.63, 3.8) is 0 Å². The van der Waals surface area contributed by atoms with Crippen LogP contribution in [0.1, 0.15) is 6.42 Å². The molecule has 1 fully saturated rings. The Morgan fingerprint density at radius 3 is 2.94 bits per heavy atom. The molecule has 0 radical (unpaired) electrons. The Morgan fingerprint density at radius 1 is 1.65 bits per heavy atom. The third kappa shape index (κ3) is 2.14. The third-order valence-corrected chi connectivity index (χ3v) is 2.68. The number of amides is 1. The van der Waals surface area contributed by atoms with Gasteiger partial charge < -0.3 is 10.8 Å². The number of halogens is 1. The van der Waals surface area contributed by atoms with E-state index in [-0.39, 0.29) is 35.7 Å². The predicted molar refractivity (Wildman–Crippen MR) is 59.6 cm³/mol. The van der Waals surface area contributed by atoms with Crippen LogP contribution in [0, 0.1) is 5.92 Å². The van der Waals surface area contributed by atoms with E-state index in [0.717, 1.165) is 0 Å². The summed E-state index contributed by atoms with van der Waals surface area (Å²) in [5.41, 5.74) is 5.82. The first kappa shape index (κ1) is 11.6. The van der Waals surface area contributed by atoms with Crippen LogP contribution in [-0.2, 0) is 9.59 Å². The molecule has 2 heterocycles. The molecule has 0 spiro atoms. The Kier molecular flexibility index (Phi) is 2.84. The summed E-state index contributed by atoms with van der Waals surface area (Å²) in [6.07, 6.45) is 1.22. The maximum absolute atomic E-state index is 11.7. The molecule has 1 aromatic rings. The van der Waals surface area contributed by atoms with Gasteiger partial charge in [0, 0.05) is 13.0 Å². The summed E-state index contributed by atoms with van der Waals surface area (Å²) in [6, 6.07) is 0. The van der Waals surface area contributed by atoms with E-state index in [1.165, 1.54) is 11.1 Å². The molecule has 1 aromatic heterocycles. The van der Waals surface area contributed by atoms with Gasteiger partial charge in [0.2, 0.25) is 11.2 Å². The molecule has 2 rings (SSSR count). The number of aliphatic carboxylic acids is 1. The number of nitrogens with two attached hydrogens (primary N) is 1. The molecule has 8 heteroatoms. The molecule has 1 aliphatic rings. The summed E-state index contributed by atoms with van der Waals surface area (Å²) in [5, 5.41) is 8.81. The number of anilines is 2. The number of hydrogen-bond acceptors (Lipinski definition) is 5. The van der Waals surface area contributed by atoms with Crippen LogP contribution >= 0.6 is 11.6 Å². The number of nitrogen functional groups attached to an aromatic ring is 1. The molecule has 90 valence electrons. The van der Waals surface area contributed by atoms with Crippen molar-refractivity contribution in [2.75, 3.05) is 17.2 Å². The minimum absolute atomic E-state index is 0.0409. The highest BCUT2D eigenvalue weighted by molar-refractivity contribution is 6.28. The third-order valence-electron chi connectivity index (χ3n) is 2.50. The average molecular weight is 257 g/mol. The van der Waals surface area contributed by atoms with Crippen molar-refractivity contribution in [2.24, 2.45) is 5.92 Å². The minimum atomic E-state index is -1.01. The number of rotatable bonds is 2. The van der Waals surface area contributed by atoms with Crippen molar-refractivity contribution in [2.45, 2.75) is 6.42 Å². The summed E-state index contributed by atoms with van der Waals surface area (Å²) in [5.74, 6) is -1.92. The van der Waals surface area contributed by atoms with E-state index < -0.39 is 11.9 Å². The quantitative estimate of drug-likeness (QED) is 0.729. The zero-order valence-electron chi connectivity index (χ0n) is 8.63. The van der Waals surface area contributed by atoms with Gasteiger partial charge in [-0.25, -0.2) is 4.98 Å². The number of carboxylic acid groups (broad SMARTS) is 1. The van der Waals surface area contributed by atoms with Gasteiger partial charge in [0.1, 0.15) is 0 Å². The minimum Gasteiger partial charge on any atom is -0.481 e. The summed E-state index contributed by atoms with van der Waals surface area (Å²) in [6.45, 7) is 0.0473. The zero-order chi connectivity index (χ0) is 12.6. The van der Waals surface area contributed by atoms with E-state index >= 15 is 0 Å². The fourth-order valence-electron chi connectivity index (χ4n) is 1.66. The molecule has 7 nitrogen and oxygen atoms in total. The van der Waals surface area contributed by atoms with Crippen LogP contribution in [0.4, 0.5) is 11.5 Å². The molecule has 0 aromatic carbocycles.